The molecule has 1 atom stereocenters. The van der Waals surface area contributed by atoms with Gasteiger partial charge in [0.1, 0.15) is 0 Å². The van der Waals surface area contributed by atoms with Gasteiger partial charge >= 0.3 is 0 Å². The highest BCUT2D eigenvalue weighted by atomic mass is 14.4. The molecule has 52 heavy (non-hydrogen) atoms. The molecule has 250 valence electrons. The highest BCUT2D eigenvalue weighted by molar-refractivity contribution is 6.04. The Kier molecular flexibility index (Phi) is 6.65. The molecule has 0 heteroatoms. The van der Waals surface area contributed by atoms with Crippen molar-refractivity contribution in [1.82, 2.24) is 0 Å². The van der Waals surface area contributed by atoms with Crippen molar-refractivity contribution in [2.45, 2.75) is 51.9 Å². The maximum Gasteiger partial charge on any atom is 0.0227 e. The first kappa shape index (κ1) is 31.1. The van der Waals surface area contributed by atoms with Gasteiger partial charge in [-0.1, -0.05) is 166 Å². The maximum absolute atomic E-state index is 2.52. The number of hydrogen-bond acceptors (Lipinski definition) is 0. The summed E-state index contributed by atoms with van der Waals surface area (Å²) in [6.07, 6.45) is 0.916. The highest BCUT2D eigenvalue weighted by Crippen LogP contribution is 2.55. The molecule has 0 fully saturated rings. The number of aryl methyl sites for hydroxylation is 2. The van der Waals surface area contributed by atoms with Crippen molar-refractivity contribution in [1.29, 1.82) is 0 Å². The molecule has 0 N–H and O–H groups in total. The summed E-state index contributed by atoms with van der Waals surface area (Å²) in [6, 6.07) is 57.4. The van der Waals surface area contributed by atoms with E-state index in [-0.39, 0.29) is 10.8 Å². The van der Waals surface area contributed by atoms with Gasteiger partial charge in [0.05, 0.1) is 0 Å². The molecule has 0 saturated heterocycles. The van der Waals surface area contributed by atoms with Gasteiger partial charge in [-0.15, -0.1) is 0 Å². The number of fused-ring (bicyclic) bond motifs is 8. The zero-order valence-electron chi connectivity index (χ0n) is 30.6. The predicted octanol–water partition coefficient (Wildman–Crippen LogP) is 13.8. The maximum atomic E-state index is 2.52. The molecule has 0 heterocycles. The number of benzene rings is 8. The summed E-state index contributed by atoms with van der Waals surface area (Å²) in [5.41, 5.74) is 20.3. The fraction of sp³-hybridized carbons (Fsp3) is 0.154. The van der Waals surface area contributed by atoms with Crippen LogP contribution in [0.4, 0.5) is 0 Å². The van der Waals surface area contributed by atoms with Crippen LogP contribution in [0.15, 0.2) is 152 Å². The Bertz CT molecular complexity index is 2770. The van der Waals surface area contributed by atoms with Gasteiger partial charge < -0.3 is 0 Å². The average Bonchev–Trinajstić information content (AvgIpc) is 3.57. The van der Waals surface area contributed by atoms with Crippen molar-refractivity contribution in [3.63, 3.8) is 0 Å². The first-order valence-corrected chi connectivity index (χ1v) is 18.7. The summed E-state index contributed by atoms with van der Waals surface area (Å²) < 4.78 is 0. The van der Waals surface area contributed by atoms with Crippen LogP contribution in [0, 0.1) is 13.8 Å². The average molecular weight is 667 g/mol. The number of rotatable bonds is 4. The molecular formula is C52H42. The summed E-state index contributed by atoms with van der Waals surface area (Å²) in [5.74, 6) is 0. The van der Waals surface area contributed by atoms with Crippen molar-refractivity contribution >= 4 is 21.5 Å². The van der Waals surface area contributed by atoms with E-state index in [1.807, 2.05) is 0 Å². The van der Waals surface area contributed by atoms with Crippen LogP contribution in [-0.2, 0) is 17.3 Å². The van der Waals surface area contributed by atoms with Gasteiger partial charge in [0.2, 0.25) is 0 Å². The summed E-state index contributed by atoms with van der Waals surface area (Å²) in [6.45, 7) is 11.8. The molecule has 0 aromatic heterocycles. The standard InChI is InChI=1S/C52H42/c1-32-25-27-40(38-17-8-6-15-36(32)38)42-21-14-24-49-50(42)43-20-11-13-23-48(43)52(49,5)31-35-30-44(39-18-9-7-16-37(39)33(35)2)34-26-28-47-45(29-34)41-19-10-12-22-46(41)51(47,3)4/h6-30H,31H2,1-5H3. The van der Waals surface area contributed by atoms with Gasteiger partial charge in [-0.05, 0) is 131 Å². The Morgan fingerprint density at radius 1 is 0.404 bits per heavy atom. The SMILES string of the molecule is Cc1ccc(-c2cccc3c2-c2ccccc2C3(C)Cc2cc(-c3ccc4c(c3)-c3ccccc3C4(C)C)c3ccccc3c2C)c2ccccc12. The molecule has 2 aliphatic carbocycles. The van der Waals surface area contributed by atoms with Crippen LogP contribution in [0.2, 0.25) is 0 Å². The summed E-state index contributed by atoms with van der Waals surface area (Å²) in [4.78, 5) is 0. The van der Waals surface area contributed by atoms with Crippen molar-refractivity contribution in [2.75, 3.05) is 0 Å². The third kappa shape index (κ3) is 4.28. The molecule has 8 aromatic carbocycles. The van der Waals surface area contributed by atoms with E-state index in [1.54, 1.807) is 0 Å². The van der Waals surface area contributed by atoms with Gasteiger partial charge in [0, 0.05) is 10.8 Å². The Morgan fingerprint density at radius 2 is 1.00 bits per heavy atom. The van der Waals surface area contributed by atoms with Gasteiger partial charge in [-0.25, -0.2) is 0 Å². The molecule has 0 nitrogen and oxygen atoms in total. The van der Waals surface area contributed by atoms with Crippen LogP contribution in [0.3, 0.4) is 0 Å². The van der Waals surface area contributed by atoms with Crippen LogP contribution in [0.25, 0.3) is 66.1 Å². The van der Waals surface area contributed by atoms with E-state index in [0.29, 0.717) is 0 Å². The topological polar surface area (TPSA) is 0 Å². The second-order valence-electron chi connectivity index (χ2n) is 15.9. The number of hydrogen-bond donors (Lipinski definition) is 0. The largest absolute Gasteiger partial charge is 0.0619 e. The van der Waals surface area contributed by atoms with E-state index in [0.717, 1.165) is 6.42 Å². The van der Waals surface area contributed by atoms with Gasteiger partial charge in [0.25, 0.3) is 0 Å². The second kappa shape index (κ2) is 11.1. The van der Waals surface area contributed by atoms with Crippen molar-refractivity contribution in [3.05, 3.63) is 191 Å². The molecule has 0 spiro atoms. The summed E-state index contributed by atoms with van der Waals surface area (Å²) in [7, 11) is 0. The lowest BCUT2D eigenvalue weighted by atomic mass is 9.73. The third-order valence-corrected chi connectivity index (χ3v) is 12.7. The first-order chi connectivity index (χ1) is 25.3. The molecule has 0 aliphatic heterocycles. The quantitative estimate of drug-likeness (QED) is 0.175. The summed E-state index contributed by atoms with van der Waals surface area (Å²) in [5, 5.41) is 5.30. The van der Waals surface area contributed by atoms with Crippen LogP contribution >= 0.6 is 0 Å². The fourth-order valence-electron chi connectivity index (χ4n) is 10.00. The monoisotopic (exact) mass is 666 g/mol. The fourth-order valence-corrected chi connectivity index (χ4v) is 10.00. The smallest absolute Gasteiger partial charge is 0.0227 e. The lowest BCUT2D eigenvalue weighted by Crippen LogP contribution is -2.24. The van der Waals surface area contributed by atoms with Gasteiger partial charge in [-0.2, -0.15) is 0 Å². The van der Waals surface area contributed by atoms with Crippen molar-refractivity contribution in [3.8, 4) is 44.5 Å². The van der Waals surface area contributed by atoms with Crippen LogP contribution in [0.1, 0.15) is 59.7 Å². The molecule has 2 aliphatic rings. The second-order valence-corrected chi connectivity index (χ2v) is 15.9. The molecule has 1 unspecified atom stereocenters. The minimum atomic E-state index is -0.201. The van der Waals surface area contributed by atoms with E-state index in [1.165, 1.54) is 105 Å². The van der Waals surface area contributed by atoms with Crippen molar-refractivity contribution in [2.24, 2.45) is 0 Å². The van der Waals surface area contributed by atoms with E-state index >= 15 is 0 Å². The first-order valence-electron chi connectivity index (χ1n) is 18.7. The van der Waals surface area contributed by atoms with E-state index in [2.05, 4.69) is 186 Å². The minimum absolute atomic E-state index is 0.00741. The molecule has 0 radical (unpaired) electrons. The lowest BCUT2D eigenvalue weighted by molar-refractivity contribution is 0.582. The zero-order valence-corrected chi connectivity index (χ0v) is 30.6. The zero-order chi connectivity index (χ0) is 35.4. The van der Waals surface area contributed by atoms with Gasteiger partial charge in [-0.3, -0.25) is 0 Å². The minimum Gasteiger partial charge on any atom is -0.0619 e. The Hall–Kier alpha value is -5.72. The Labute approximate surface area is 307 Å². The van der Waals surface area contributed by atoms with E-state index < -0.39 is 0 Å². The molecule has 10 rings (SSSR count). The van der Waals surface area contributed by atoms with Crippen LogP contribution in [0.5, 0.6) is 0 Å². The van der Waals surface area contributed by atoms with Crippen molar-refractivity contribution < 1.29 is 0 Å². The molecular weight excluding hydrogens is 625 g/mol. The Balaban J connectivity index is 1.16. The van der Waals surface area contributed by atoms with Crippen LogP contribution < -0.4 is 0 Å². The van der Waals surface area contributed by atoms with E-state index in [4.69, 9.17) is 0 Å². The summed E-state index contributed by atoms with van der Waals surface area (Å²) >= 11 is 0. The van der Waals surface area contributed by atoms with E-state index in [9.17, 15) is 0 Å². The predicted molar refractivity (Wildman–Crippen MR) is 221 cm³/mol. The third-order valence-electron chi connectivity index (χ3n) is 12.7. The lowest BCUT2D eigenvalue weighted by Gasteiger charge is -2.29. The normalized spacial score (nSPS) is 16.5. The van der Waals surface area contributed by atoms with Gasteiger partial charge in [0.15, 0.2) is 0 Å². The molecule has 0 amide bonds. The Morgan fingerprint density at radius 3 is 1.79 bits per heavy atom. The molecule has 8 aromatic rings. The molecule has 0 saturated carbocycles. The molecule has 0 bridgehead atoms. The highest BCUT2D eigenvalue weighted by Gasteiger charge is 2.41. The van der Waals surface area contributed by atoms with Crippen LogP contribution in [-0.4, -0.2) is 0 Å².